The van der Waals surface area contributed by atoms with Gasteiger partial charge in [0.1, 0.15) is 6.10 Å². The predicted molar refractivity (Wildman–Crippen MR) is 52.5 cm³/mol. The molecule has 16 heavy (non-hydrogen) atoms. The Morgan fingerprint density at radius 1 is 1.56 bits per heavy atom. The second-order valence-electron chi connectivity index (χ2n) is 3.94. The Hall–Kier alpha value is -1.24. The summed E-state index contributed by atoms with van der Waals surface area (Å²) in [7, 11) is 0. The fraction of sp³-hybridized carbons (Fsp3) is 0.600. The van der Waals surface area contributed by atoms with Crippen LogP contribution in [0.25, 0.3) is 0 Å². The average Bonchev–Trinajstić information content (AvgIpc) is 2.21. The summed E-state index contributed by atoms with van der Waals surface area (Å²) in [5, 5.41) is 37.6. The fourth-order valence-electron chi connectivity index (χ4n) is 1.94. The van der Waals surface area contributed by atoms with Crippen LogP contribution in [0, 0.1) is 5.92 Å². The van der Waals surface area contributed by atoms with Gasteiger partial charge in [0.15, 0.2) is 11.4 Å². The SMILES string of the molecule is C=CC[C@H]1[C@@H](O)[C@H](O)C(=O)C[C@]1(O)C(=O)O. The lowest BCUT2D eigenvalue weighted by Gasteiger charge is -2.40. The topological polar surface area (TPSA) is 115 Å². The Bertz CT molecular complexity index is 325. The van der Waals surface area contributed by atoms with Crippen molar-refractivity contribution in [3.63, 3.8) is 0 Å². The number of hydrogen-bond donors (Lipinski definition) is 4. The van der Waals surface area contributed by atoms with Gasteiger partial charge in [0, 0.05) is 12.3 Å². The molecule has 0 aliphatic heterocycles. The van der Waals surface area contributed by atoms with Gasteiger partial charge in [0.25, 0.3) is 0 Å². The molecule has 0 aromatic heterocycles. The molecule has 1 rings (SSSR count). The van der Waals surface area contributed by atoms with Crippen LogP contribution >= 0.6 is 0 Å². The van der Waals surface area contributed by atoms with Crippen molar-refractivity contribution in [1.82, 2.24) is 0 Å². The minimum absolute atomic E-state index is 0.00565. The Labute approximate surface area is 91.8 Å². The van der Waals surface area contributed by atoms with E-state index in [0.717, 1.165) is 0 Å². The van der Waals surface area contributed by atoms with Crippen molar-refractivity contribution in [3.8, 4) is 0 Å². The number of ketones is 1. The fourth-order valence-corrected chi connectivity index (χ4v) is 1.94. The number of allylic oxidation sites excluding steroid dienone is 1. The van der Waals surface area contributed by atoms with Crippen LogP contribution in [0.3, 0.4) is 0 Å². The maximum atomic E-state index is 11.2. The number of aliphatic hydroxyl groups is 3. The summed E-state index contributed by atoms with van der Waals surface area (Å²) in [6, 6.07) is 0. The average molecular weight is 230 g/mol. The van der Waals surface area contributed by atoms with E-state index in [9.17, 15) is 24.9 Å². The Morgan fingerprint density at radius 2 is 2.12 bits per heavy atom. The monoisotopic (exact) mass is 230 g/mol. The molecule has 0 heterocycles. The maximum absolute atomic E-state index is 11.2. The van der Waals surface area contributed by atoms with Crippen molar-refractivity contribution in [2.75, 3.05) is 0 Å². The first-order valence-corrected chi connectivity index (χ1v) is 4.80. The molecule has 0 unspecified atom stereocenters. The molecular formula is C10H14O6. The molecule has 6 nitrogen and oxygen atoms in total. The number of aliphatic carboxylic acids is 1. The van der Waals surface area contributed by atoms with Crippen LogP contribution in [0.2, 0.25) is 0 Å². The number of rotatable bonds is 3. The van der Waals surface area contributed by atoms with Gasteiger partial charge in [0.2, 0.25) is 0 Å². The highest BCUT2D eigenvalue weighted by Gasteiger charge is 2.55. The van der Waals surface area contributed by atoms with Crippen LogP contribution in [0.4, 0.5) is 0 Å². The number of carbonyl (C=O) groups excluding carboxylic acids is 1. The zero-order chi connectivity index (χ0) is 12.5. The third-order valence-corrected chi connectivity index (χ3v) is 2.91. The largest absolute Gasteiger partial charge is 0.479 e. The molecule has 4 N–H and O–H groups in total. The molecule has 90 valence electrons. The lowest BCUT2D eigenvalue weighted by atomic mass is 9.70. The molecule has 0 amide bonds. The van der Waals surface area contributed by atoms with E-state index < -0.39 is 41.9 Å². The van der Waals surface area contributed by atoms with Gasteiger partial charge in [-0.25, -0.2) is 4.79 Å². The number of carboxylic acids is 1. The van der Waals surface area contributed by atoms with Gasteiger partial charge in [-0.2, -0.15) is 0 Å². The maximum Gasteiger partial charge on any atom is 0.336 e. The third kappa shape index (κ3) is 1.87. The molecule has 0 bridgehead atoms. The molecule has 1 aliphatic carbocycles. The van der Waals surface area contributed by atoms with E-state index in [1.165, 1.54) is 6.08 Å². The number of Topliss-reactive ketones (excluding diaryl/α,β-unsaturated/α-hetero) is 1. The lowest BCUT2D eigenvalue weighted by Crippen LogP contribution is -2.61. The number of hydrogen-bond acceptors (Lipinski definition) is 5. The molecule has 4 atom stereocenters. The van der Waals surface area contributed by atoms with Crippen molar-refractivity contribution >= 4 is 11.8 Å². The summed E-state index contributed by atoms with van der Waals surface area (Å²) in [5.74, 6) is -3.61. The molecule has 0 spiro atoms. The van der Waals surface area contributed by atoms with Gasteiger partial charge in [-0.3, -0.25) is 4.79 Å². The summed E-state index contributed by atoms with van der Waals surface area (Å²) < 4.78 is 0. The Morgan fingerprint density at radius 3 is 2.56 bits per heavy atom. The van der Waals surface area contributed by atoms with E-state index >= 15 is 0 Å². The molecular weight excluding hydrogens is 216 g/mol. The second-order valence-corrected chi connectivity index (χ2v) is 3.94. The van der Waals surface area contributed by atoms with Crippen LogP contribution in [0.5, 0.6) is 0 Å². The highest BCUT2D eigenvalue weighted by Crippen LogP contribution is 2.35. The molecule has 1 fully saturated rings. The Balaban J connectivity index is 3.10. The lowest BCUT2D eigenvalue weighted by molar-refractivity contribution is -0.190. The Kier molecular flexibility index (Phi) is 3.47. The molecule has 0 aromatic carbocycles. The minimum atomic E-state index is -2.34. The van der Waals surface area contributed by atoms with Crippen LogP contribution in [-0.4, -0.2) is 50.0 Å². The van der Waals surface area contributed by atoms with Crippen molar-refractivity contribution < 1.29 is 30.0 Å². The first kappa shape index (κ1) is 12.8. The highest BCUT2D eigenvalue weighted by molar-refractivity contribution is 5.92. The van der Waals surface area contributed by atoms with Gasteiger partial charge < -0.3 is 20.4 Å². The summed E-state index contributed by atoms with van der Waals surface area (Å²) in [5.41, 5.74) is -2.34. The summed E-state index contributed by atoms with van der Waals surface area (Å²) in [6.45, 7) is 3.38. The smallest absolute Gasteiger partial charge is 0.336 e. The summed E-state index contributed by atoms with van der Waals surface area (Å²) >= 11 is 0. The number of aliphatic hydroxyl groups excluding tert-OH is 2. The predicted octanol–water partition coefficient (Wildman–Crippen LogP) is -1.31. The normalized spacial score (nSPS) is 39.4. The number of carboxylic acid groups (broad SMARTS) is 1. The molecule has 0 radical (unpaired) electrons. The van der Waals surface area contributed by atoms with E-state index in [1.54, 1.807) is 0 Å². The number of carbonyl (C=O) groups is 2. The van der Waals surface area contributed by atoms with Crippen molar-refractivity contribution in [1.29, 1.82) is 0 Å². The van der Waals surface area contributed by atoms with E-state index in [-0.39, 0.29) is 6.42 Å². The van der Waals surface area contributed by atoms with Gasteiger partial charge in [-0.1, -0.05) is 6.08 Å². The van der Waals surface area contributed by atoms with E-state index in [0.29, 0.717) is 0 Å². The van der Waals surface area contributed by atoms with Crippen LogP contribution in [0.15, 0.2) is 12.7 Å². The van der Waals surface area contributed by atoms with Crippen molar-refractivity contribution in [3.05, 3.63) is 12.7 Å². The van der Waals surface area contributed by atoms with Gasteiger partial charge in [-0.15, -0.1) is 6.58 Å². The van der Waals surface area contributed by atoms with Crippen LogP contribution < -0.4 is 0 Å². The van der Waals surface area contributed by atoms with Crippen molar-refractivity contribution in [2.45, 2.75) is 30.7 Å². The zero-order valence-electron chi connectivity index (χ0n) is 8.54. The van der Waals surface area contributed by atoms with Gasteiger partial charge in [-0.05, 0) is 6.42 Å². The first-order chi connectivity index (χ1) is 7.34. The third-order valence-electron chi connectivity index (χ3n) is 2.91. The van der Waals surface area contributed by atoms with E-state index in [2.05, 4.69) is 6.58 Å². The molecule has 6 heteroatoms. The second kappa shape index (κ2) is 4.32. The summed E-state index contributed by atoms with van der Waals surface area (Å²) in [4.78, 5) is 22.1. The van der Waals surface area contributed by atoms with Crippen LogP contribution in [0.1, 0.15) is 12.8 Å². The van der Waals surface area contributed by atoms with E-state index in [1.807, 2.05) is 0 Å². The standard InChI is InChI=1S/C10H14O6/c1-2-3-5-7(12)8(13)6(11)4-10(5,16)9(14)15/h2,5,7-8,12-13,16H,1,3-4H2,(H,14,15)/t5-,7+,8+,10+/m0/s1. The van der Waals surface area contributed by atoms with Gasteiger partial charge in [0.05, 0.1) is 6.10 Å². The molecule has 0 saturated heterocycles. The first-order valence-electron chi connectivity index (χ1n) is 4.80. The van der Waals surface area contributed by atoms with Crippen molar-refractivity contribution in [2.24, 2.45) is 5.92 Å². The highest BCUT2D eigenvalue weighted by atomic mass is 16.4. The summed E-state index contributed by atoms with van der Waals surface area (Å²) in [6.07, 6.45) is -2.64. The zero-order valence-corrected chi connectivity index (χ0v) is 8.54. The van der Waals surface area contributed by atoms with E-state index in [4.69, 9.17) is 5.11 Å². The minimum Gasteiger partial charge on any atom is -0.479 e. The quantitative estimate of drug-likeness (QED) is 0.447. The molecule has 1 aliphatic rings. The van der Waals surface area contributed by atoms with Crippen LogP contribution in [-0.2, 0) is 9.59 Å². The van der Waals surface area contributed by atoms with Gasteiger partial charge >= 0.3 is 5.97 Å². The molecule has 1 saturated carbocycles. The molecule has 0 aromatic rings.